The van der Waals surface area contributed by atoms with Gasteiger partial charge < -0.3 is 9.47 Å². The van der Waals surface area contributed by atoms with E-state index in [0.29, 0.717) is 18.1 Å². The lowest BCUT2D eigenvalue weighted by Crippen LogP contribution is -2.33. The lowest BCUT2D eigenvalue weighted by atomic mass is 9.92. The van der Waals surface area contributed by atoms with E-state index in [1.54, 1.807) is 0 Å². The number of rotatable bonds is 0. The SMILES string of the molecule is C[C@@H]1O[C@]2(C)COC1[C@H]2C. The Hall–Kier alpha value is -0.0800. The minimum atomic E-state index is 0.0179. The van der Waals surface area contributed by atoms with Crippen molar-refractivity contribution in [1.29, 1.82) is 0 Å². The summed E-state index contributed by atoms with van der Waals surface area (Å²) >= 11 is 0. The fourth-order valence-corrected chi connectivity index (χ4v) is 2.06. The maximum Gasteiger partial charge on any atom is 0.0942 e. The molecular formula is C8H14O2. The second kappa shape index (κ2) is 1.74. The molecule has 4 atom stereocenters. The Kier molecular flexibility index (Phi) is 1.15. The van der Waals surface area contributed by atoms with Crippen LogP contribution in [0.2, 0.25) is 0 Å². The molecule has 0 amide bonds. The van der Waals surface area contributed by atoms with Crippen LogP contribution in [0.4, 0.5) is 0 Å². The van der Waals surface area contributed by atoms with Gasteiger partial charge in [0.15, 0.2) is 0 Å². The summed E-state index contributed by atoms with van der Waals surface area (Å²) in [6.07, 6.45) is 0.652. The van der Waals surface area contributed by atoms with Crippen molar-refractivity contribution < 1.29 is 9.47 Å². The average molecular weight is 142 g/mol. The first-order valence-electron chi connectivity index (χ1n) is 3.93. The maximum atomic E-state index is 5.73. The van der Waals surface area contributed by atoms with Gasteiger partial charge in [0.05, 0.1) is 24.4 Å². The van der Waals surface area contributed by atoms with Crippen LogP contribution in [0.1, 0.15) is 20.8 Å². The predicted octanol–water partition coefficient (Wildman–Crippen LogP) is 1.20. The molecule has 2 heteroatoms. The van der Waals surface area contributed by atoms with Crippen LogP contribution >= 0.6 is 0 Å². The van der Waals surface area contributed by atoms with Gasteiger partial charge in [-0.05, 0) is 13.8 Å². The van der Waals surface area contributed by atoms with Gasteiger partial charge in [-0.1, -0.05) is 6.92 Å². The first-order valence-corrected chi connectivity index (χ1v) is 3.93. The van der Waals surface area contributed by atoms with Crippen molar-refractivity contribution in [3.8, 4) is 0 Å². The third kappa shape index (κ3) is 0.611. The van der Waals surface area contributed by atoms with Gasteiger partial charge in [0, 0.05) is 5.92 Å². The van der Waals surface area contributed by atoms with Gasteiger partial charge in [0.25, 0.3) is 0 Å². The third-order valence-corrected chi connectivity index (χ3v) is 2.94. The van der Waals surface area contributed by atoms with Crippen LogP contribution in [0.15, 0.2) is 0 Å². The highest BCUT2D eigenvalue weighted by Crippen LogP contribution is 2.43. The van der Waals surface area contributed by atoms with Crippen LogP contribution < -0.4 is 0 Å². The summed E-state index contributed by atoms with van der Waals surface area (Å²) in [4.78, 5) is 0. The van der Waals surface area contributed by atoms with Crippen molar-refractivity contribution in [2.75, 3.05) is 6.61 Å². The van der Waals surface area contributed by atoms with Crippen LogP contribution in [0.3, 0.4) is 0 Å². The quantitative estimate of drug-likeness (QED) is 0.506. The molecule has 0 aromatic heterocycles. The van der Waals surface area contributed by atoms with Gasteiger partial charge in [0.2, 0.25) is 0 Å². The second-order valence-electron chi connectivity index (χ2n) is 3.70. The van der Waals surface area contributed by atoms with Crippen LogP contribution in [0, 0.1) is 5.92 Å². The molecule has 10 heavy (non-hydrogen) atoms. The van der Waals surface area contributed by atoms with Crippen molar-refractivity contribution in [3.05, 3.63) is 0 Å². The second-order valence-corrected chi connectivity index (χ2v) is 3.70. The molecule has 0 aromatic rings. The van der Waals surface area contributed by atoms with Gasteiger partial charge >= 0.3 is 0 Å². The molecule has 2 bridgehead atoms. The molecule has 2 saturated heterocycles. The Morgan fingerprint density at radius 1 is 1.40 bits per heavy atom. The standard InChI is InChI=1S/C8H14O2/c1-5-7-6(2)10-8(5,3)4-9-7/h5-7H,4H2,1-3H3/t5-,6+,7?,8-/m1/s1. The minimum Gasteiger partial charge on any atom is -0.372 e. The van der Waals surface area contributed by atoms with Crippen molar-refractivity contribution in [1.82, 2.24) is 0 Å². The summed E-state index contributed by atoms with van der Waals surface area (Å²) < 4.78 is 11.3. The molecule has 2 rings (SSSR count). The minimum absolute atomic E-state index is 0.0179. The summed E-state index contributed by atoms with van der Waals surface area (Å²) in [7, 11) is 0. The van der Waals surface area contributed by atoms with E-state index in [-0.39, 0.29) is 5.60 Å². The van der Waals surface area contributed by atoms with Crippen molar-refractivity contribution in [2.45, 2.75) is 38.6 Å². The number of ether oxygens (including phenoxy) is 2. The molecule has 2 aliphatic heterocycles. The molecule has 58 valence electrons. The molecule has 1 unspecified atom stereocenters. The van der Waals surface area contributed by atoms with E-state index in [9.17, 15) is 0 Å². The fourth-order valence-electron chi connectivity index (χ4n) is 2.06. The van der Waals surface area contributed by atoms with E-state index < -0.39 is 0 Å². The first kappa shape index (κ1) is 6.62. The van der Waals surface area contributed by atoms with Crippen LogP contribution in [-0.4, -0.2) is 24.4 Å². The Labute approximate surface area is 61.5 Å². The molecule has 0 aromatic carbocycles. The number of hydrogen-bond donors (Lipinski definition) is 0. The molecule has 2 nitrogen and oxygen atoms in total. The average Bonchev–Trinajstić information content (AvgIpc) is 2.20. The predicted molar refractivity (Wildman–Crippen MR) is 37.9 cm³/mol. The molecule has 2 aliphatic rings. The van der Waals surface area contributed by atoms with Crippen LogP contribution in [-0.2, 0) is 9.47 Å². The molecular weight excluding hydrogens is 128 g/mol. The fraction of sp³-hybridized carbons (Fsp3) is 1.00. The van der Waals surface area contributed by atoms with Crippen molar-refractivity contribution in [3.63, 3.8) is 0 Å². The smallest absolute Gasteiger partial charge is 0.0942 e. The van der Waals surface area contributed by atoms with Crippen LogP contribution in [0.25, 0.3) is 0 Å². The molecule has 2 fully saturated rings. The van der Waals surface area contributed by atoms with E-state index in [2.05, 4.69) is 20.8 Å². The lowest BCUT2D eigenvalue weighted by molar-refractivity contribution is -0.128. The zero-order valence-corrected chi connectivity index (χ0v) is 6.76. The van der Waals surface area contributed by atoms with Gasteiger partial charge in [-0.3, -0.25) is 0 Å². The number of hydrogen-bond acceptors (Lipinski definition) is 2. The van der Waals surface area contributed by atoms with Crippen molar-refractivity contribution >= 4 is 0 Å². The van der Waals surface area contributed by atoms with Crippen molar-refractivity contribution in [2.24, 2.45) is 5.92 Å². The van der Waals surface area contributed by atoms with E-state index in [1.807, 2.05) is 0 Å². The van der Waals surface area contributed by atoms with Gasteiger partial charge in [0.1, 0.15) is 0 Å². The molecule has 2 heterocycles. The van der Waals surface area contributed by atoms with Crippen LogP contribution in [0.5, 0.6) is 0 Å². The Morgan fingerprint density at radius 2 is 2.10 bits per heavy atom. The van der Waals surface area contributed by atoms with Gasteiger partial charge in [-0.25, -0.2) is 0 Å². The van der Waals surface area contributed by atoms with Gasteiger partial charge in [-0.15, -0.1) is 0 Å². The normalized spacial score (nSPS) is 59.7. The largest absolute Gasteiger partial charge is 0.372 e. The summed E-state index contributed by atoms with van der Waals surface area (Å²) in [5.74, 6) is 0.572. The van der Waals surface area contributed by atoms with Gasteiger partial charge in [-0.2, -0.15) is 0 Å². The highest BCUT2D eigenvalue weighted by atomic mass is 16.6. The number of fused-ring (bicyclic) bond motifs is 2. The lowest BCUT2D eigenvalue weighted by Gasteiger charge is -2.25. The third-order valence-electron chi connectivity index (χ3n) is 2.94. The summed E-state index contributed by atoms with van der Waals surface area (Å²) in [5.41, 5.74) is 0.0179. The Morgan fingerprint density at radius 3 is 2.30 bits per heavy atom. The Balaban J connectivity index is 2.26. The molecule has 0 aliphatic carbocycles. The van der Waals surface area contributed by atoms with E-state index in [1.165, 1.54) is 0 Å². The first-order chi connectivity index (χ1) is 4.63. The zero-order valence-electron chi connectivity index (χ0n) is 6.76. The topological polar surface area (TPSA) is 18.5 Å². The highest BCUT2D eigenvalue weighted by molar-refractivity contribution is 5.01. The van der Waals surface area contributed by atoms with E-state index in [4.69, 9.17) is 9.47 Å². The van der Waals surface area contributed by atoms with E-state index >= 15 is 0 Å². The molecule has 0 N–H and O–H groups in total. The molecule has 0 saturated carbocycles. The monoisotopic (exact) mass is 142 g/mol. The summed E-state index contributed by atoms with van der Waals surface area (Å²) in [5, 5.41) is 0. The Bertz CT molecular complexity index is 157. The molecule has 0 radical (unpaired) electrons. The summed E-state index contributed by atoms with van der Waals surface area (Å²) in [6.45, 7) is 7.22. The zero-order chi connectivity index (χ0) is 7.35. The molecule has 0 spiro atoms. The summed E-state index contributed by atoms with van der Waals surface area (Å²) in [6, 6.07) is 0. The maximum absolute atomic E-state index is 5.73. The highest BCUT2D eigenvalue weighted by Gasteiger charge is 2.54. The van der Waals surface area contributed by atoms with E-state index in [0.717, 1.165) is 6.61 Å².